The number of carboxylic acid groups (broad SMARTS) is 1. The largest absolute Gasteiger partial charge is 0.481 e. The van der Waals surface area contributed by atoms with Gasteiger partial charge in [0.25, 0.3) is 6.43 Å². The lowest BCUT2D eigenvalue weighted by Crippen LogP contribution is -2.22. The molecule has 0 aromatic heterocycles. The first-order chi connectivity index (χ1) is 8.04. The molecule has 1 amide bonds. The molecular formula is C11H11F2NO3. The molecule has 0 heterocycles. The number of hydrogen-bond acceptors (Lipinski definition) is 2. The quantitative estimate of drug-likeness (QED) is 0.750. The summed E-state index contributed by atoms with van der Waals surface area (Å²) in [5.41, 5.74) is 0.331. The van der Waals surface area contributed by atoms with Crippen LogP contribution in [-0.2, 0) is 9.59 Å². The highest BCUT2D eigenvalue weighted by atomic mass is 19.3. The maximum absolute atomic E-state index is 12.3. The van der Waals surface area contributed by atoms with Gasteiger partial charge in [-0.1, -0.05) is 24.3 Å². The van der Waals surface area contributed by atoms with Crippen LogP contribution in [0.3, 0.4) is 0 Å². The highest BCUT2D eigenvalue weighted by Crippen LogP contribution is 2.22. The third-order valence-corrected chi connectivity index (χ3v) is 2.24. The molecule has 1 aromatic rings. The average molecular weight is 243 g/mol. The molecule has 17 heavy (non-hydrogen) atoms. The van der Waals surface area contributed by atoms with Gasteiger partial charge in [-0.05, 0) is 5.56 Å². The Bertz CT molecular complexity index is 392. The predicted octanol–water partition coefficient (Wildman–Crippen LogP) is 1.89. The molecular weight excluding hydrogens is 232 g/mol. The monoisotopic (exact) mass is 243 g/mol. The molecule has 6 heteroatoms. The van der Waals surface area contributed by atoms with E-state index in [1.807, 2.05) is 0 Å². The highest BCUT2D eigenvalue weighted by Gasteiger charge is 2.15. The molecule has 0 unspecified atom stereocenters. The van der Waals surface area contributed by atoms with Gasteiger partial charge in [0, 0.05) is 5.56 Å². The van der Waals surface area contributed by atoms with Gasteiger partial charge in [0.05, 0.1) is 12.5 Å². The molecule has 1 aromatic carbocycles. The van der Waals surface area contributed by atoms with E-state index >= 15 is 0 Å². The van der Waals surface area contributed by atoms with Crippen LogP contribution in [0.4, 0.5) is 8.78 Å². The van der Waals surface area contributed by atoms with E-state index in [9.17, 15) is 18.4 Å². The van der Waals surface area contributed by atoms with E-state index in [1.54, 1.807) is 0 Å². The van der Waals surface area contributed by atoms with Gasteiger partial charge >= 0.3 is 5.97 Å². The Morgan fingerprint density at radius 1 is 1.29 bits per heavy atom. The van der Waals surface area contributed by atoms with Crippen LogP contribution in [0.1, 0.15) is 30.0 Å². The summed E-state index contributed by atoms with van der Waals surface area (Å²) in [4.78, 5) is 20.9. The van der Waals surface area contributed by atoms with Crippen molar-refractivity contribution in [1.29, 1.82) is 0 Å². The SMILES string of the molecule is O=CN[C@@H](CC(=O)O)c1ccc(C(F)F)cc1. The summed E-state index contributed by atoms with van der Waals surface area (Å²) in [5, 5.41) is 11.0. The third kappa shape index (κ3) is 3.82. The Kier molecular flexibility index (Phi) is 4.56. The zero-order valence-corrected chi connectivity index (χ0v) is 8.77. The number of carbonyl (C=O) groups is 2. The average Bonchev–Trinajstić information content (AvgIpc) is 2.28. The maximum Gasteiger partial charge on any atom is 0.305 e. The lowest BCUT2D eigenvalue weighted by Gasteiger charge is -2.14. The first-order valence-corrected chi connectivity index (χ1v) is 4.84. The molecule has 4 nitrogen and oxygen atoms in total. The normalized spacial score (nSPS) is 12.2. The molecule has 0 aliphatic carbocycles. The van der Waals surface area contributed by atoms with Gasteiger partial charge in [-0.25, -0.2) is 8.78 Å². The van der Waals surface area contributed by atoms with Gasteiger partial charge in [0.1, 0.15) is 0 Å². The van der Waals surface area contributed by atoms with Gasteiger partial charge in [0.2, 0.25) is 6.41 Å². The number of nitrogens with one attached hydrogen (secondary N) is 1. The fraction of sp³-hybridized carbons (Fsp3) is 0.273. The number of carbonyl (C=O) groups excluding carboxylic acids is 1. The van der Waals surface area contributed by atoms with Crippen LogP contribution in [0.15, 0.2) is 24.3 Å². The summed E-state index contributed by atoms with van der Waals surface area (Å²) >= 11 is 0. The van der Waals surface area contributed by atoms with Crippen molar-refractivity contribution in [3.05, 3.63) is 35.4 Å². The molecule has 0 aliphatic rings. The predicted molar refractivity (Wildman–Crippen MR) is 55.6 cm³/mol. The molecule has 0 saturated heterocycles. The number of halogens is 2. The van der Waals surface area contributed by atoms with Crippen molar-refractivity contribution in [3.63, 3.8) is 0 Å². The van der Waals surface area contributed by atoms with E-state index < -0.39 is 18.4 Å². The standard InChI is InChI=1S/C11H11F2NO3/c12-11(13)8-3-1-7(2-4-8)9(14-6-15)5-10(16)17/h1-4,6,9,11H,5H2,(H,14,15)(H,16,17)/t9-/m0/s1. The zero-order valence-electron chi connectivity index (χ0n) is 8.77. The van der Waals surface area contributed by atoms with E-state index in [1.165, 1.54) is 24.3 Å². The van der Waals surface area contributed by atoms with Crippen molar-refractivity contribution in [2.45, 2.75) is 18.9 Å². The summed E-state index contributed by atoms with van der Waals surface area (Å²) in [7, 11) is 0. The molecule has 1 rings (SSSR count). The minimum absolute atomic E-state index is 0.145. The fourth-order valence-corrected chi connectivity index (χ4v) is 1.40. The Hall–Kier alpha value is -1.98. The van der Waals surface area contributed by atoms with E-state index in [4.69, 9.17) is 5.11 Å². The fourth-order valence-electron chi connectivity index (χ4n) is 1.40. The number of benzene rings is 1. The molecule has 0 saturated carbocycles. The minimum atomic E-state index is -2.57. The van der Waals surface area contributed by atoms with Crippen LogP contribution >= 0.6 is 0 Å². The minimum Gasteiger partial charge on any atom is -0.481 e. The summed E-state index contributed by atoms with van der Waals surface area (Å²) < 4.78 is 24.6. The molecule has 0 bridgehead atoms. The van der Waals surface area contributed by atoms with Crippen LogP contribution in [0, 0.1) is 0 Å². The number of carboxylic acids is 1. The second-order valence-corrected chi connectivity index (χ2v) is 3.40. The Balaban J connectivity index is 2.86. The summed E-state index contributed by atoms with van der Waals surface area (Å²) in [5.74, 6) is -1.08. The smallest absolute Gasteiger partial charge is 0.305 e. The van der Waals surface area contributed by atoms with Crippen molar-refractivity contribution in [1.82, 2.24) is 5.32 Å². The molecule has 0 spiro atoms. The topological polar surface area (TPSA) is 66.4 Å². The van der Waals surface area contributed by atoms with Gasteiger partial charge in [0.15, 0.2) is 0 Å². The highest BCUT2D eigenvalue weighted by molar-refractivity contribution is 5.68. The third-order valence-electron chi connectivity index (χ3n) is 2.24. The van der Waals surface area contributed by atoms with Gasteiger partial charge < -0.3 is 10.4 Å². The molecule has 0 fully saturated rings. The molecule has 0 aliphatic heterocycles. The Morgan fingerprint density at radius 3 is 2.24 bits per heavy atom. The number of aliphatic carboxylic acids is 1. The second kappa shape index (κ2) is 5.93. The number of amides is 1. The van der Waals surface area contributed by atoms with Crippen molar-refractivity contribution < 1.29 is 23.5 Å². The van der Waals surface area contributed by atoms with Crippen molar-refractivity contribution in [2.24, 2.45) is 0 Å². The van der Waals surface area contributed by atoms with Crippen molar-refractivity contribution >= 4 is 12.4 Å². The Labute approximate surface area is 96.3 Å². The van der Waals surface area contributed by atoms with Gasteiger partial charge in [-0.3, -0.25) is 9.59 Å². The maximum atomic E-state index is 12.3. The zero-order chi connectivity index (χ0) is 12.8. The summed E-state index contributed by atoms with van der Waals surface area (Å²) in [6.07, 6.45) is -2.48. The summed E-state index contributed by atoms with van der Waals surface area (Å²) in [6, 6.07) is 4.47. The molecule has 0 radical (unpaired) electrons. The number of alkyl halides is 2. The molecule has 1 atom stereocenters. The van der Waals surface area contributed by atoms with Gasteiger partial charge in [-0.2, -0.15) is 0 Å². The van der Waals surface area contributed by atoms with Crippen LogP contribution in [0.2, 0.25) is 0 Å². The van der Waals surface area contributed by atoms with Crippen LogP contribution in [0.5, 0.6) is 0 Å². The van der Waals surface area contributed by atoms with E-state index in [0.717, 1.165) is 0 Å². The lowest BCUT2D eigenvalue weighted by atomic mass is 10.0. The van der Waals surface area contributed by atoms with Crippen LogP contribution < -0.4 is 5.32 Å². The van der Waals surface area contributed by atoms with Crippen molar-refractivity contribution in [3.8, 4) is 0 Å². The van der Waals surface area contributed by atoms with Crippen LogP contribution in [-0.4, -0.2) is 17.5 Å². The second-order valence-electron chi connectivity index (χ2n) is 3.40. The number of hydrogen-bond donors (Lipinski definition) is 2. The molecule has 92 valence electrons. The van der Waals surface area contributed by atoms with E-state index in [2.05, 4.69) is 5.32 Å². The van der Waals surface area contributed by atoms with E-state index in [-0.39, 0.29) is 12.0 Å². The lowest BCUT2D eigenvalue weighted by molar-refractivity contribution is -0.137. The van der Waals surface area contributed by atoms with Crippen LogP contribution in [0.25, 0.3) is 0 Å². The Morgan fingerprint density at radius 2 is 1.82 bits per heavy atom. The molecule has 2 N–H and O–H groups in total. The number of rotatable bonds is 6. The van der Waals surface area contributed by atoms with Gasteiger partial charge in [-0.15, -0.1) is 0 Å². The first-order valence-electron chi connectivity index (χ1n) is 4.84. The van der Waals surface area contributed by atoms with Crippen molar-refractivity contribution in [2.75, 3.05) is 0 Å². The van der Waals surface area contributed by atoms with E-state index in [0.29, 0.717) is 12.0 Å². The summed E-state index contributed by atoms with van der Waals surface area (Å²) in [6.45, 7) is 0. The first kappa shape index (κ1) is 13.1.